The molecule has 0 aromatic heterocycles. The lowest BCUT2D eigenvalue weighted by Gasteiger charge is -2.12. The van der Waals surface area contributed by atoms with Gasteiger partial charge in [0.15, 0.2) is 0 Å². The molecular formula is C15H21BrO4. The molecular weight excluding hydrogens is 324 g/mol. The molecule has 0 aliphatic rings. The molecule has 1 aromatic carbocycles. The lowest BCUT2D eigenvalue weighted by atomic mass is 10.2. The van der Waals surface area contributed by atoms with E-state index in [0.29, 0.717) is 17.9 Å². The third-order valence-corrected chi connectivity index (χ3v) is 3.67. The quantitative estimate of drug-likeness (QED) is 0.526. The van der Waals surface area contributed by atoms with Gasteiger partial charge in [-0.05, 0) is 40.0 Å². The average molecular weight is 345 g/mol. The Morgan fingerprint density at radius 1 is 1.15 bits per heavy atom. The minimum atomic E-state index is -0.167. The van der Waals surface area contributed by atoms with Crippen LogP contribution in [0, 0.1) is 0 Å². The Labute approximate surface area is 128 Å². The molecule has 0 heterocycles. The van der Waals surface area contributed by atoms with Crippen LogP contribution in [-0.4, -0.2) is 20.2 Å². The van der Waals surface area contributed by atoms with Gasteiger partial charge in [-0.25, -0.2) is 0 Å². The number of hydrogen-bond donors (Lipinski definition) is 0. The van der Waals surface area contributed by atoms with Crippen molar-refractivity contribution in [2.45, 2.75) is 39.2 Å². The largest absolute Gasteiger partial charge is 0.495 e. The number of esters is 1. The van der Waals surface area contributed by atoms with Gasteiger partial charge in [-0.2, -0.15) is 0 Å². The number of ether oxygens (including phenoxy) is 3. The van der Waals surface area contributed by atoms with E-state index in [-0.39, 0.29) is 12.6 Å². The number of hydrogen-bond acceptors (Lipinski definition) is 4. The van der Waals surface area contributed by atoms with Crippen LogP contribution < -0.4 is 9.47 Å². The average Bonchev–Trinajstić information content (AvgIpc) is 2.46. The number of methoxy groups -OCH3 is 2. The minimum Gasteiger partial charge on any atom is -0.495 e. The Morgan fingerprint density at radius 3 is 2.25 bits per heavy atom. The highest BCUT2D eigenvalue weighted by Gasteiger charge is 2.11. The first kappa shape index (κ1) is 16.8. The standard InChI is InChI=1S/C15H21BrO4/c1-4-5-6-7-14(17)20-10-11-8-12(18-2)15(16)13(9-11)19-3/h8-9H,4-7,10H2,1-3H3. The first-order valence-electron chi connectivity index (χ1n) is 6.68. The Balaban J connectivity index is 2.61. The summed E-state index contributed by atoms with van der Waals surface area (Å²) < 4.78 is 16.5. The van der Waals surface area contributed by atoms with Crippen molar-refractivity contribution in [3.8, 4) is 11.5 Å². The van der Waals surface area contributed by atoms with Crippen molar-refractivity contribution in [3.63, 3.8) is 0 Å². The SMILES string of the molecule is CCCCCC(=O)OCc1cc(OC)c(Br)c(OC)c1. The van der Waals surface area contributed by atoms with E-state index in [2.05, 4.69) is 22.9 Å². The van der Waals surface area contributed by atoms with Crippen molar-refractivity contribution in [1.82, 2.24) is 0 Å². The van der Waals surface area contributed by atoms with Crippen molar-refractivity contribution in [2.75, 3.05) is 14.2 Å². The van der Waals surface area contributed by atoms with Crippen LogP contribution in [0.4, 0.5) is 0 Å². The van der Waals surface area contributed by atoms with Crippen LogP contribution >= 0.6 is 15.9 Å². The Kier molecular flexibility index (Phi) is 7.44. The maximum Gasteiger partial charge on any atom is 0.306 e. The number of rotatable bonds is 8. The minimum absolute atomic E-state index is 0.167. The molecule has 112 valence electrons. The highest BCUT2D eigenvalue weighted by Crippen LogP contribution is 2.35. The second kappa shape index (κ2) is 8.84. The maximum absolute atomic E-state index is 11.6. The normalized spacial score (nSPS) is 10.2. The van der Waals surface area contributed by atoms with Crippen molar-refractivity contribution in [1.29, 1.82) is 0 Å². The van der Waals surface area contributed by atoms with Gasteiger partial charge < -0.3 is 14.2 Å². The summed E-state index contributed by atoms with van der Waals surface area (Å²) in [5.74, 6) is 1.14. The fourth-order valence-corrected chi connectivity index (χ4v) is 2.31. The van der Waals surface area contributed by atoms with Gasteiger partial charge in [-0.1, -0.05) is 19.8 Å². The second-order valence-electron chi connectivity index (χ2n) is 4.43. The molecule has 1 aromatic rings. The molecule has 0 radical (unpaired) electrons. The zero-order valence-electron chi connectivity index (χ0n) is 12.2. The summed E-state index contributed by atoms with van der Waals surface area (Å²) in [4.78, 5) is 11.6. The molecule has 0 aliphatic carbocycles. The zero-order valence-corrected chi connectivity index (χ0v) is 13.8. The Morgan fingerprint density at radius 2 is 1.75 bits per heavy atom. The van der Waals surface area contributed by atoms with Gasteiger partial charge in [0.25, 0.3) is 0 Å². The van der Waals surface area contributed by atoms with Crippen molar-refractivity contribution >= 4 is 21.9 Å². The molecule has 0 aliphatic heterocycles. The van der Waals surface area contributed by atoms with Gasteiger partial charge in [-0.15, -0.1) is 0 Å². The highest BCUT2D eigenvalue weighted by molar-refractivity contribution is 9.10. The fraction of sp³-hybridized carbons (Fsp3) is 0.533. The first-order chi connectivity index (χ1) is 9.62. The molecule has 4 nitrogen and oxygen atoms in total. The third kappa shape index (κ3) is 5.04. The highest BCUT2D eigenvalue weighted by atomic mass is 79.9. The number of unbranched alkanes of at least 4 members (excludes halogenated alkanes) is 2. The van der Waals surface area contributed by atoms with E-state index in [4.69, 9.17) is 14.2 Å². The van der Waals surface area contributed by atoms with Gasteiger partial charge in [-0.3, -0.25) is 4.79 Å². The molecule has 20 heavy (non-hydrogen) atoms. The third-order valence-electron chi connectivity index (χ3n) is 2.89. The van der Waals surface area contributed by atoms with Crippen LogP contribution in [0.25, 0.3) is 0 Å². The smallest absolute Gasteiger partial charge is 0.306 e. The maximum atomic E-state index is 11.6. The molecule has 0 saturated carbocycles. The monoisotopic (exact) mass is 344 g/mol. The molecule has 5 heteroatoms. The van der Waals surface area contributed by atoms with Gasteiger partial charge in [0.1, 0.15) is 22.6 Å². The van der Waals surface area contributed by atoms with E-state index in [1.54, 1.807) is 14.2 Å². The first-order valence-corrected chi connectivity index (χ1v) is 7.47. The van der Waals surface area contributed by atoms with E-state index >= 15 is 0 Å². The summed E-state index contributed by atoms with van der Waals surface area (Å²) >= 11 is 3.40. The van der Waals surface area contributed by atoms with Gasteiger partial charge >= 0.3 is 5.97 Å². The molecule has 1 rings (SSSR count). The molecule has 0 atom stereocenters. The lowest BCUT2D eigenvalue weighted by molar-refractivity contribution is -0.145. The van der Waals surface area contributed by atoms with Crippen LogP contribution in [0.2, 0.25) is 0 Å². The van der Waals surface area contributed by atoms with Crippen LogP contribution in [-0.2, 0) is 16.1 Å². The van der Waals surface area contributed by atoms with E-state index in [9.17, 15) is 4.79 Å². The number of carbonyl (C=O) groups is 1. The summed E-state index contributed by atoms with van der Waals surface area (Å²) in [6.07, 6.45) is 3.49. The second-order valence-corrected chi connectivity index (χ2v) is 5.23. The predicted octanol–water partition coefficient (Wildman–Crippen LogP) is 4.09. The summed E-state index contributed by atoms with van der Waals surface area (Å²) in [6, 6.07) is 3.65. The lowest BCUT2D eigenvalue weighted by Crippen LogP contribution is -2.05. The van der Waals surface area contributed by atoms with Crippen molar-refractivity contribution < 1.29 is 19.0 Å². The van der Waals surface area contributed by atoms with E-state index in [0.717, 1.165) is 29.3 Å². The molecule has 0 saturated heterocycles. The van der Waals surface area contributed by atoms with Crippen LogP contribution in [0.1, 0.15) is 38.2 Å². The van der Waals surface area contributed by atoms with Gasteiger partial charge in [0, 0.05) is 6.42 Å². The summed E-state index contributed by atoms with van der Waals surface area (Å²) in [5.41, 5.74) is 0.839. The molecule has 0 N–H and O–H groups in total. The zero-order chi connectivity index (χ0) is 15.0. The van der Waals surface area contributed by atoms with E-state index in [1.807, 2.05) is 12.1 Å². The molecule has 0 unspecified atom stereocenters. The molecule has 0 amide bonds. The van der Waals surface area contributed by atoms with Gasteiger partial charge in [0.2, 0.25) is 0 Å². The van der Waals surface area contributed by atoms with Crippen LogP contribution in [0.3, 0.4) is 0 Å². The van der Waals surface area contributed by atoms with Crippen LogP contribution in [0.15, 0.2) is 16.6 Å². The van der Waals surface area contributed by atoms with Gasteiger partial charge in [0.05, 0.1) is 14.2 Å². The van der Waals surface area contributed by atoms with E-state index in [1.165, 1.54) is 0 Å². The summed E-state index contributed by atoms with van der Waals surface area (Å²) in [5, 5.41) is 0. The molecule has 0 fully saturated rings. The predicted molar refractivity (Wildman–Crippen MR) is 81.2 cm³/mol. The van der Waals surface area contributed by atoms with Crippen molar-refractivity contribution in [3.05, 3.63) is 22.2 Å². The summed E-state index contributed by atoms with van der Waals surface area (Å²) in [7, 11) is 3.17. The molecule has 0 spiro atoms. The number of halogens is 1. The van der Waals surface area contributed by atoms with Crippen molar-refractivity contribution in [2.24, 2.45) is 0 Å². The van der Waals surface area contributed by atoms with E-state index < -0.39 is 0 Å². The molecule has 0 bridgehead atoms. The number of benzene rings is 1. The Bertz CT molecular complexity index is 420. The number of carbonyl (C=O) groups excluding carboxylic acids is 1. The topological polar surface area (TPSA) is 44.8 Å². The summed E-state index contributed by atoms with van der Waals surface area (Å²) in [6.45, 7) is 2.33. The fourth-order valence-electron chi connectivity index (χ4n) is 1.76. The van der Waals surface area contributed by atoms with Crippen LogP contribution in [0.5, 0.6) is 11.5 Å². The Hall–Kier alpha value is -1.23.